The Labute approximate surface area is 304 Å². The first-order valence-electron chi connectivity index (χ1n) is 17.1. The first kappa shape index (κ1) is 37.0. The Morgan fingerprint density at radius 3 is 2.65 bits per heavy atom. The average Bonchev–Trinajstić information content (AvgIpc) is 3.92. The van der Waals surface area contributed by atoms with Crippen molar-refractivity contribution in [3.05, 3.63) is 71.2 Å². The summed E-state index contributed by atoms with van der Waals surface area (Å²) >= 11 is 6.52. The largest absolute Gasteiger partial charge is 0.467 e. The van der Waals surface area contributed by atoms with Gasteiger partial charge < -0.3 is 29.5 Å². The predicted octanol–water partition coefficient (Wildman–Crippen LogP) is 6.10. The number of aromatic nitrogens is 5. The molecule has 3 atom stereocenters. The quantitative estimate of drug-likeness (QED) is 0.179. The lowest BCUT2D eigenvalue weighted by molar-refractivity contribution is -0.124. The molecule has 0 spiro atoms. The van der Waals surface area contributed by atoms with Crippen molar-refractivity contribution in [1.29, 1.82) is 0 Å². The summed E-state index contributed by atoms with van der Waals surface area (Å²) in [4.78, 5) is 34.0. The topological polar surface area (TPSA) is 143 Å². The van der Waals surface area contributed by atoms with Crippen molar-refractivity contribution < 1.29 is 27.9 Å². The molecule has 52 heavy (non-hydrogen) atoms. The van der Waals surface area contributed by atoms with Gasteiger partial charge in [-0.15, -0.1) is 0 Å². The number of anilines is 1. The van der Waals surface area contributed by atoms with Crippen molar-refractivity contribution in [2.75, 3.05) is 38.7 Å². The number of aliphatic hydroxyl groups is 1. The van der Waals surface area contributed by atoms with Gasteiger partial charge in [-0.2, -0.15) is 15.0 Å². The van der Waals surface area contributed by atoms with E-state index in [2.05, 4.69) is 37.3 Å². The van der Waals surface area contributed by atoms with E-state index >= 15 is 4.39 Å². The standard InChI is InChI=1S/C31H29ClFN7O4.C6H12FN/c1-31(2,42)29-35-22(44-38-29)11-12-23(41)40-14-13-18(16-40)39(3)28-20-15-34-26(25(33)27(20)36-30(37-28)43-4)19-9-5-7-17-8-6-10-21(32)24(17)19;1-2-6-3-5(7)4-8-6/h5-12,15,18,42H,13-14,16H2,1-4H3;5-6,8H,2-4H2,1H3/b12-11+;. The number of hydrogen-bond donors (Lipinski definition) is 2. The summed E-state index contributed by atoms with van der Waals surface area (Å²) in [5, 5.41) is 19.3. The van der Waals surface area contributed by atoms with E-state index in [-0.39, 0.29) is 40.9 Å². The predicted molar refractivity (Wildman–Crippen MR) is 195 cm³/mol. The molecule has 3 unspecified atom stereocenters. The summed E-state index contributed by atoms with van der Waals surface area (Å²) in [6.45, 7) is 6.62. The number of nitrogens with zero attached hydrogens (tertiary/aromatic N) is 7. The van der Waals surface area contributed by atoms with E-state index in [1.165, 1.54) is 33.1 Å². The van der Waals surface area contributed by atoms with E-state index in [0.29, 0.717) is 59.3 Å². The fraction of sp³-hybridized carbons (Fsp3) is 0.405. The molecule has 12 nitrogen and oxygen atoms in total. The SMILES string of the molecule is CCC1CC(F)CN1.COc1nc(N(C)C2CCN(C(=O)/C=C/c3nc(C(C)(C)O)no3)C2)c2cnc(-c3cccc4cccc(Cl)c34)c(F)c2n1. The molecule has 15 heteroatoms. The average molecular weight is 735 g/mol. The number of carbonyl (C=O) groups excluding carboxylic acids is 1. The van der Waals surface area contributed by atoms with E-state index in [9.17, 15) is 14.3 Å². The molecular weight excluding hydrogens is 694 g/mol. The molecule has 0 bridgehead atoms. The van der Waals surface area contributed by atoms with Gasteiger partial charge in [0.05, 0.1) is 12.5 Å². The minimum Gasteiger partial charge on any atom is -0.467 e. The summed E-state index contributed by atoms with van der Waals surface area (Å²) < 4.78 is 39.0. The third-order valence-corrected chi connectivity index (χ3v) is 9.63. The Morgan fingerprint density at radius 1 is 1.23 bits per heavy atom. The number of likely N-dealkylation sites (N-methyl/N-ethyl adjacent to an activating group) is 1. The highest BCUT2D eigenvalue weighted by atomic mass is 35.5. The number of amides is 1. The molecule has 7 rings (SSSR count). The van der Waals surface area contributed by atoms with Gasteiger partial charge in [0.25, 0.3) is 5.89 Å². The van der Waals surface area contributed by atoms with Crippen LogP contribution in [-0.4, -0.2) is 93.1 Å². The zero-order valence-electron chi connectivity index (χ0n) is 29.6. The summed E-state index contributed by atoms with van der Waals surface area (Å²) in [6, 6.07) is 11.4. The van der Waals surface area contributed by atoms with Gasteiger partial charge in [0.15, 0.2) is 5.82 Å². The molecule has 5 heterocycles. The van der Waals surface area contributed by atoms with Crippen molar-refractivity contribution in [3.63, 3.8) is 0 Å². The van der Waals surface area contributed by atoms with Crippen molar-refractivity contribution in [2.24, 2.45) is 0 Å². The number of rotatable bonds is 8. The molecule has 2 fully saturated rings. The first-order valence-corrected chi connectivity index (χ1v) is 17.5. The van der Waals surface area contributed by atoms with E-state index in [4.69, 9.17) is 20.9 Å². The van der Waals surface area contributed by atoms with Crippen molar-refractivity contribution in [1.82, 2.24) is 35.3 Å². The first-order chi connectivity index (χ1) is 24.9. The Morgan fingerprint density at radius 2 is 2.00 bits per heavy atom. The number of fused-ring (bicyclic) bond motifs is 2. The van der Waals surface area contributed by atoms with Crippen LogP contribution in [-0.2, 0) is 10.4 Å². The molecule has 274 valence electrons. The van der Waals surface area contributed by atoms with Gasteiger partial charge >= 0.3 is 6.01 Å². The number of pyridine rings is 1. The minimum absolute atomic E-state index is 0.00481. The molecule has 2 aromatic carbocycles. The van der Waals surface area contributed by atoms with Crippen molar-refractivity contribution >= 4 is 51.1 Å². The van der Waals surface area contributed by atoms with Crippen LogP contribution < -0.4 is 15.0 Å². The summed E-state index contributed by atoms with van der Waals surface area (Å²) in [5.74, 6) is -0.186. The van der Waals surface area contributed by atoms with Crippen LogP contribution in [0.15, 0.2) is 53.2 Å². The van der Waals surface area contributed by atoms with Crippen LogP contribution in [0, 0.1) is 5.82 Å². The highest BCUT2D eigenvalue weighted by Crippen LogP contribution is 2.37. The maximum absolute atomic E-state index is 16.2. The molecule has 2 aliphatic heterocycles. The number of methoxy groups -OCH3 is 1. The van der Waals surface area contributed by atoms with Gasteiger partial charge in [0, 0.05) is 73.1 Å². The van der Waals surface area contributed by atoms with Gasteiger partial charge in [-0.3, -0.25) is 9.78 Å². The third-order valence-electron chi connectivity index (χ3n) is 9.31. The number of carbonyl (C=O) groups is 1. The van der Waals surface area contributed by atoms with Crippen LogP contribution in [0.3, 0.4) is 0 Å². The molecule has 1 amide bonds. The van der Waals surface area contributed by atoms with Crippen LogP contribution in [0.4, 0.5) is 14.6 Å². The van der Waals surface area contributed by atoms with Crippen LogP contribution >= 0.6 is 11.6 Å². The lowest BCUT2D eigenvalue weighted by Crippen LogP contribution is -2.36. The molecule has 5 aromatic rings. The van der Waals surface area contributed by atoms with Crippen molar-refractivity contribution in [3.8, 4) is 17.3 Å². The number of nitrogens with one attached hydrogen (secondary N) is 1. The second-order valence-corrected chi connectivity index (χ2v) is 13.8. The normalized spacial score (nSPS) is 19.0. The Bertz CT molecular complexity index is 2100. The molecule has 2 aliphatic rings. The summed E-state index contributed by atoms with van der Waals surface area (Å²) in [7, 11) is 3.26. The number of likely N-dealkylation sites (tertiary alicyclic amines) is 1. The van der Waals surface area contributed by atoms with E-state index in [1.807, 2.05) is 36.2 Å². The Balaban J connectivity index is 0.000000514. The highest BCUT2D eigenvalue weighted by molar-refractivity contribution is 6.36. The Hall–Kier alpha value is -4.79. The van der Waals surface area contributed by atoms with Gasteiger partial charge in [0.1, 0.15) is 28.8 Å². The van der Waals surface area contributed by atoms with Crippen LogP contribution in [0.25, 0.3) is 39.0 Å². The van der Waals surface area contributed by atoms with Crippen LogP contribution in [0.1, 0.15) is 51.7 Å². The number of ether oxygens (including phenoxy) is 1. The fourth-order valence-electron chi connectivity index (χ4n) is 6.37. The fourth-order valence-corrected chi connectivity index (χ4v) is 6.66. The molecule has 0 aliphatic carbocycles. The van der Waals surface area contributed by atoms with Crippen LogP contribution in [0.2, 0.25) is 5.02 Å². The van der Waals surface area contributed by atoms with Crippen molar-refractivity contribution in [2.45, 2.75) is 63.9 Å². The van der Waals surface area contributed by atoms with Crippen LogP contribution in [0.5, 0.6) is 6.01 Å². The van der Waals surface area contributed by atoms with E-state index in [1.54, 1.807) is 23.2 Å². The zero-order valence-corrected chi connectivity index (χ0v) is 30.4. The zero-order chi connectivity index (χ0) is 37.2. The van der Waals surface area contributed by atoms with Gasteiger partial charge in [-0.1, -0.05) is 54.0 Å². The monoisotopic (exact) mass is 734 g/mol. The minimum atomic E-state index is -1.26. The molecule has 0 saturated carbocycles. The number of hydrogen-bond acceptors (Lipinski definition) is 11. The second kappa shape index (κ2) is 15.4. The molecular formula is C37H41ClF2N8O4. The summed E-state index contributed by atoms with van der Waals surface area (Å²) in [5.41, 5.74) is -0.531. The number of benzene rings is 2. The lowest BCUT2D eigenvalue weighted by atomic mass is 10.0. The van der Waals surface area contributed by atoms with Gasteiger partial charge in [-0.05, 0) is 44.6 Å². The lowest BCUT2D eigenvalue weighted by Gasteiger charge is -2.27. The van der Waals surface area contributed by atoms with E-state index in [0.717, 1.165) is 18.2 Å². The molecule has 2 saturated heterocycles. The maximum Gasteiger partial charge on any atom is 0.318 e. The third kappa shape index (κ3) is 7.83. The highest BCUT2D eigenvalue weighted by Gasteiger charge is 2.31. The van der Waals surface area contributed by atoms with Gasteiger partial charge in [0.2, 0.25) is 11.7 Å². The summed E-state index contributed by atoms with van der Waals surface area (Å²) in [6.07, 6.45) is 6.17. The second-order valence-electron chi connectivity index (χ2n) is 13.4. The maximum atomic E-state index is 16.2. The smallest absolute Gasteiger partial charge is 0.318 e. The molecule has 2 N–H and O–H groups in total. The Kier molecular flexibility index (Phi) is 11.0. The van der Waals surface area contributed by atoms with E-state index < -0.39 is 17.6 Å². The van der Waals surface area contributed by atoms with Gasteiger partial charge in [-0.25, -0.2) is 8.78 Å². The number of alkyl halides is 1. The molecule has 3 aromatic heterocycles. The molecule has 0 radical (unpaired) electrons. The number of halogens is 3.